The van der Waals surface area contributed by atoms with Gasteiger partial charge in [-0.05, 0) is 91.4 Å². The van der Waals surface area contributed by atoms with Crippen molar-refractivity contribution in [3.8, 4) is 34.1 Å². The molecule has 0 aliphatic carbocycles. The van der Waals surface area contributed by atoms with Crippen molar-refractivity contribution in [2.75, 3.05) is 13.1 Å². The van der Waals surface area contributed by atoms with Gasteiger partial charge in [0, 0.05) is 18.7 Å². The van der Waals surface area contributed by atoms with Gasteiger partial charge in [0.1, 0.15) is 18.0 Å². The van der Waals surface area contributed by atoms with Crippen LogP contribution in [0.5, 0.6) is 5.75 Å². The SMILES string of the molecule is CC(C)(C)OC(=O)N[C@H]1CCN(C(=O)c2ccc(-c3ccc(OCc4ccccc4)cc3)c(-c3ccc(C#N)cc3)c2)C1. The van der Waals surface area contributed by atoms with Crippen molar-refractivity contribution >= 4 is 12.0 Å². The van der Waals surface area contributed by atoms with Crippen LogP contribution in [0.3, 0.4) is 0 Å². The lowest BCUT2D eigenvalue weighted by molar-refractivity contribution is 0.0502. The van der Waals surface area contributed by atoms with Gasteiger partial charge in [-0.3, -0.25) is 4.79 Å². The fraction of sp³-hybridized carbons (Fsp3) is 0.250. The highest BCUT2D eigenvalue weighted by molar-refractivity contribution is 5.98. The second kappa shape index (κ2) is 12.8. The molecule has 1 heterocycles. The monoisotopic (exact) mass is 573 g/mol. The van der Waals surface area contributed by atoms with Gasteiger partial charge in [-0.1, -0.05) is 60.7 Å². The Bertz CT molecular complexity index is 1620. The van der Waals surface area contributed by atoms with Crippen LogP contribution in [0.25, 0.3) is 22.3 Å². The van der Waals surface area contributed by atoms with E-state index >= 15 is 0 Å². The van der Waals surface area contributed by atoms with E-state index in [9.17, 15) is 14.9 Å². The molecule has 218 valence electrons. The van der Waals surface area contributed by atoms with E-state index in [1.165, 1.54) is 0 Å². The average molecular weight is 574 g/mol. The number of ether oxygens (including phenoxy) is 2. The third-order valence-corrected chi connectivity index (χ3v) is 7.20. The highest BCUT2D eigenvalue weighted by Gasteiger charge is 2.29. The molecule has 0 unspecified atom stereocenters. The summed E-state index contributed by atoms with van der Waals surface area (Å²) >= 11 is 0. The molecule has 0 radical (unpaired) electrons. The van der Waals surface area contributed by atoms with Crippen LogP contribution < -0.4 is 10.1 Å². The number of rotatable bonds is 7. The van der Waals surface area contributed by atoms with E-state index in [0.29, 0.717) is 37.2 Å². The van der Waals surface area contributed by atoms with Crippen molar-refractivity contribution < 1.29 is 19.1 Å². The van der Waals surface area contributed by atoms with Gasteiger partial charge in [-0.2, -0.15) is 5.26 Å². The van der Waals surface area contributed by atoms with Crippen LogP contribution in [0.15, 0.2) is 97.1 Å². The maximum atomic E-state index is 13.6. The third-order valence-electron chi connectivity index (χ3n) is 7.20. The van der Waals surface area contributed by atoms with Gasteiger partial charge in [0.2, 0.25) is 0 Å². The first-order valence-corrected chi connectivity index (χ1v) is 14.4. The number of amides is 2. The van der Waals surface area contributed by atoms with Crippen LogP contribution >= 0.6 is 0 Å². The lowest BCUT2D eigenvalue weighted by atomic mass is 9.92. The summed E-state index contributed by atoms with van der Waals surface area (Å²) in [4.78, 5) is 27.6. The summed E-state index contributed by atoms with van der Waals surface area (Å²) < 4.78 is 11.3. The highest BCUT2D eigenvalue weighted by Crippen LogP contribution is 2.35. The van der Waals surface area contributed by atoms with Gasteiger partial charge in [0.15, 0.2) is 0 Å². The number of nitrogens with zero attached hydrogens (tertiary/aromatic N) is 2. The summed E-state index contributed by atoms with van der Waals surface area (Å²) in [7, 11) is 0. The Morgan fingerprint density at radius 2 is 1.58 bits per heavy atom. The molecule has 1 saturated heterocycles. The predicted molar refractivity (Wildman–Crippen MR) is 166 cm³/mol. The zero-order valence-electron chi connectivity index (χ0n) is 24.7. The second-order valence-electron chi connectivity index (χ2n) is 11.6. The van der Waals surface area contributed by atoms with E-state index < -0.39 is 11.7 Å². The Balaban J connectivity index is 1.36. The smallest absolute Gasteiger partial charge is 0.407 e. The molecule has 7 nitrogen and oxygen atoms in total. The van der Waals surface area contributed by atoms with Crippen molar-refractivity contribution in [2.45, 2.75) is 45.4 Å². The number of carbonyl (C=O) groups excluding carboxylic acids is 2. The third kappa shape index (κ3) is 7.60. The molecule has 43 heavy (non-hydrogen) atoms. The molecule has 2 amide bonds. The zero-order chi connectivity index (χ0) is 30.4. The summed E-state index contributed by atoms with van der Waals surface area (Å²) in [6.45, 7) is 6.90. The number of likely N-dealkylation sites (tertiary alicyclic amines) is 1. The van der Waals surface area contributed by atoms with Crippen molar-refractivity contribution in [3.05, 3.63) is 114 Å². The molecule has 1 fully saturated rings. The maximum absolute atomic E-state index is 13.6. The molecular weight excluding hydrogens is 538 g/mol. The molecule has 0 saturated carbocycles. The molecule has 7 heteroatoms. The second-order valence-corrected chi connectivity index (χ2v) is 11.6. The molecular formula is C36H35N3O4. The van der Waals surface area contributed by atoms with E-state index in [2.05, 4.69) is 11.4 Å². The number of nitrogens with one attached hydrogen (secondary N) is 1. The van der Waals surface area contributed by atoms with Crippen LogP contribution in [-0.4, -0.2) is 41.6 Å². The predicted octanol–water partition coefficient (Wildman–Crippen LogP) is 7.21. The number of alkyl carbamates (subject to hydrolysis) is 1. The van der Waals surface area contributed by atoms with Crippen LogP contribution in [0, 0.1) is 11.3 Å². The lowest BCUT2D eigenvalue weighted by Gasteiger charge is -2.22. The first kappa shape index (κ1) is 29.4. The molecule has 4 aromatic carbocycles. The molecule has 1 aliphatic heterocycles. The molecule has 4 aromatic rings. The van der Waals surface area contributed by atoms with Gasteiger partial charge in [0.25, 0.3) is 5.91 Å². The Morgan fingerprint density at radius 3 is 2.26 bits per heavy atom. The number of hydrogen-bond donors (Lipinski definition) is 1. The van der Waals surface area contributed by atoms with E-state index in [-0.39, 0.29) is 11.9 Å². The fourth-order valence-corrected chi connectivity index (χ4v) is 5.08. The first-order valence-electron chi connectivity index (χ1n) is 14.4. The summed E-state index contributed by atoms with van der Waals surface area (Å²) in [5, 5.41) is 12.2. The minimum Gasteiger partial charge on any atom is -0.489 e. The Morgan fingerprint density at radius 1 is 0.907 bits per heavy atom. The number of hydrogen-bond acceptors (Lipinski definition) is 5. The molecule has 0 spiro atoms. The minimum atomic E-state index is -0.586. The Labute approximate surface area is 252 Å². The summed E-state index contributed by atoms with van der Waals surface area (Å²) in [6.07, 6.45) is 0.181. The van der Waals surface area contributed by atoms with Gasteiger partial charge in [-0.25, -0.2) is 4.79 Å². The van der Waals surface area contributed by atoms with Gasteiger partial charge < -0.3 is 19.7 Å². The fourth-order valence-electron chi connectivity index (χ4n) is 5.08. The number of benzene rings is 4. The van der Waals surface area contributed by atoms with Gasteiger partial charge in [0.05, 0.1) is 17.7 Å². The van der Waals surface area contributed by atoms with Crippen LogP contribution in [0.2, 0.25) is 0 Å². The standard InChI is InChI=1S/C36H35N3O4/c1-36(2,3)43-35(41)38-30-19-20-39(23-30)34(40)29-15-18-32(33(21-29)28-11-9-25(22-37)10-12-28)27-13-16-31(17-14-27)42-24-26-7-5-4-6-8-26/h4-18,21,30H,19-20,23-24H2,1-3H3,(H,38,41)/t30-/m0/s1. The van der Waals surface area contributed by atoms with E-state index in [1.807, 2.05) is 106 Å². The van der Waals surface area contributed by atoms with Crippen molar-refractivity contribution in [1.82, 2.24) is 10.2 Å². The highest BCUT2D eigenvalue weighted by atomic mass is 16.6. The molecule has 0 aromatic heterocycles. The van der Waals surface area contributed by atoms with Crippen molar-refractivity contribution in [1.29, 1.82) is 5.26 Å². The first-order chi connectivity index (χ1) is 20.7. The lowest BCUT2D eigenvalue weighted by Crippen LogP contribution is -2.41. The number of nitriles is 1. The van der Waals surface area contributed by atoms with E-state index in [1.54, 1.807) is 17.0 Å². The summed E-state index contributed by atoms with van der Waals surface area (Å²) in [6, 6.07) is 33.0. The van der Waals surface area contributed by atoms with Crippen molar-refractivity contribution in [2.24, 2.45) is 0 Å². The van der Waals surface area contributed by atoms with E-state index in [4.69, 9.17) is 9.47 Å². The van der Waals surface area contributed by atoms with E-state index in [0.717, 1.165) is 33.6 Å². The molecule has 1 N–H and O–H groups in total. The molecule has 1 aliphatic rings. The van der Waals surface area contributed by atoms with Crippen molar-refractivity contribution in [3.63, 3.8) is 0 Å². The molecule has 1 atom stereocenters. The Kier molecular flexibility index (Phi) is 8.77. The van der Waals surface area contributed by atoms with Crippen LogP contribution in [-0.2, 0) is 11.3 Å². The molecule has 0 bridgehead atoms. The van der Waals surface area contributed by atoms with Crippen LogP contribution in [0.1, 0.15) is 48.7 Å². The zero-order valence-corrected chi connectivity index (χ0v) is 24.7. The maximum Gasteiger partial charge on any atom is 0.407 e. The Hall–Kier alpha value is -5.09. The van der Waals surface area contributed by atoms with Gasteiger partial charge >= 0.3 is 6.09 Å². The minimum absolute atomic E-state index is 0.0976. The largest absolute Gasteiger partial charge is 0.489 e. The van der Waals surface area contributed by atoms with Crippen LogP contribution in [0.4, 0.5) is 4.79 Å². The topological polar surface area (TPSA) is 91.7 Å². The summed E-state index contributed by atoms with van der Waals surface area (Å²) in [5.41, 5.74) is 5.36. The normalized spacial score (nSPS) is 14.6. The number of carbonyl (C=O) groups is 2. The quantitative estimate of drug-likeness (QED) is 0.252. The average Bonchev–Trinajstić information content (AvgIpc) is 3.47. The summed E-state index contributed by atoms with van der Waals surface area (Å²) in [5.74, 6) is 0.669. The molecule has 5 rings (SSSR count). The van der Waals surface area contributed by atoms with Gasteiger partial charge in [-0.15, -0.1) is 0 Å².